The highest BCUT2D eigenvalue weighted by Crippen LogP contribution is 2.31. The van der Waals surface area contributed by atoms with Crippen molar-refractivity contribution in [2.24, 2.45) is 11.8 Å². The quantitative estimate of drug-likeness (QED) is 0.495. The van der Waals surface area contributed by atoms with E-state index in [4.69, 9.17) is 5.84 Å². The number of nitrogens with one attached hydrogen (secondary N) is 1. The molecule has 0 saturated heterocycles. The molecule has 0 bridgehead atoms. The fourth-order valence-electron chi connectivity index (χ4n) is 3.01. The van der Waals surface area contributed by atoms with Gasteiger partial charge in [0.2, 0.25) is 0 Å². The monoisotopic (exact) mass is 268 g/mol. The molecule has 0 radical (unpaired) electrons. The molecule has 2 rings (SSSR count). The standard InChI is InChI=1S/C15H22F2N2/c16-13-9-5-8-12(15(13)17)14(19-18)10-11-6-3-1-2-4-7-11/h5,8-9,11,14,19H,1-4,6-7,10,18H2. The molecule has 0 aromatic heterocycles. The average molecular weight is 268 g/mol. The number of halogens is 2. The molecular formula is C15H22F2N2. The summed E-state index contributed by atoms with van der Waals surface area (Å²) in [5, 5.41) is 0. The van der Waals surface area contributed by atoms with Crippen LogP contribution in [0.2, 0.25) is 0 Å². The first-order valence-electron chi connectivity index (χ1n) is 7.12. The first-order valence-corrected chi connectivity index (χ1v) is 7.12. The Bertz CT molecular complexity index is 401. The first-order chi connectivity index (χ1) is 9.22. The van der Waals surface area contributed by atoms with Gasteiger partial charge in [-0.3, -0.25) is 11.3 Å². The Labute approximate surface area is 113 Å². The summed E-state index contributed by atoms with van der Waals surface area (Å²) in [5.74, 6) is 4.50. The van der Waals surface area contributed by atoms with E-state index in [1.165, 1.54) is 31.7 Å². The molecule has 1 atom stereocenters. The van der Waals surface area contributed by atoms with Crippen LogP contribution in [0.1, 0.15) is 56.6 Å². The lowest BCUT2D eigenvalue weighted by Gasteiger charge is -2.22. The second-order valence-corrected chi connectivity index (χ2v) is 5.46. The van der Waals surface area contributed by atoms with E-state index in [2.05, 4.69) is 5.43 Å². The van der Waals surface area contributed by atoms with Crippen LogP contribution in [0.3, 0.4) is 0 Å². The smallest absolute Gasteiger partial charge is 0.163 e. The summed E-state index contributed by atoms with van der Waals surface area (Å²) in [6.07, 6.45) is 8.12. The zero-order chi connectivity index (χ0) is 13.7. The molecular weight excluding hydrogens is 246 g/mol. The van der Waals surface area contributed by atoms with Crippen molar-refractivity contribution in [2.45, 2.75) is 51.0 Å². The molecule has 1 fully saturated rings. The van der Waals surface area contributed by atoms with Gasteiger partial charge in [0.15, 0.2) is 11.6 Å². The molecule has 0 amide bonds. The molecule has 4 heteroatoms. The highest BCUT2D eigenvalue weighted by atomic mass is 19.2. The number of nitrogens with two attached hydrogens (primary N) is 1. The zero-order valence-electron chi connectivity index (χ0n) is 11.2. The van der Waals surface area contributed by atoms with Gasteiger partial charge in [-0.05, 0) is 18.4 Å². The summed E-state index contributed by atoms with van der Waals surface area (Å²) in [6, 6.07) is 3.97. The lowest BCUT2D eigenvalue weighted by molar-refractivity contribution is 0.349. The van der Waals surface area contributed by atoms with E-state index in [0.717, 1.165) is 25.3 Å². The minimum Gasteiger partial charge on any atom is -0.271 e. The van der Waals surface area contributed by atoms with Crippen molar-refractivity contribution in [2.75, 3.05) is 0 Å². The number of benzene rings is 1. The number of hydrogen-bond donors (Lipinski definition) is 2. The predicted octanol–water partition coefficient (Wildman–Crippen LogP) is 3.83. The summed E-state index contributed by atoms with van der Waals surface area (Å²) >= 11 is 0. The van der Waals surface area contributed by atoms with Gasteiger partial charge < -0.3 is 0 Å². The largest absolute Gasteiger partial charge is 0.271 e. The van der Waals surface area contributed by atoms with Gasteiger partial charge in [-0.1, -0.05) is 50.7 Å². The summed E-state index contributed by atoms with van der Waals surface area (Å²) in [4.78, 5) is 0. The Morgan fingerprint density at radius 3 is 2.47 bits per heavy atom. The van der Waals surface area contributed by atoms with Crippen molar-refractivity contribution >= 4 is 0 Å². The minimum absolute atomic E-state index is 0.307. The molecule has 0 heterocycles. The molecule has 0 aliphatic heterocycles. The van der Waals surface area contributed by atoms with Gasteiger partial charge >= 0.3 is 0 Å². The average Bonchev–Trinajstić information content (AvgIpc) is 2.68. The SMILES string of the molecule is NNC(CC1CCCCCC1)c1cccc(F)c1F. The van der Waals surface area contributed by atoms with Crippen LogP contribution in [-0.2, 0) is 0 Å². The summed E-state index contributed by atoms with van der Waals surface area (Å²) < 4.78 is 27.1. The molecule has 2 nitrogen and oxygen atoms in total. The van der Waals surface area contributed by atoms with Crippen LogP contribution in [0.15, 0.2) is 18.2 Å². The summed E-state index contributed by atoms with van der Waals surface area (Å²) in [5.41, 5.74) is 2.99. The Kier molecular flexibility index (Phi) is 5.28. The van der Waals surface area contributed by atoms with Gasteiger partial charge in [-0.2, -0.15) is 0 Å². The Morgan fingerprint density at radius 2 is 1.84 bits per heavy atom. The van der Waals surface area contributed by atoms with Crippen molar-refractivity contribution in [1.29, 1.82) is 0 Å². The van der Waals surface area contributed by atoms with Crippen molar-refractivity contribution < 1.29 is 8.78 Å². The van der Waals surface area contributed by atoms with Gasteiger partial charge in [0.1, 0.15) is 0 Å². The lowest BCUT2D eigenvalue weighted by Crippen LogP contribution is -2.30. The minimum atomic E-state index is -0.807. The molecule has 1 aromatic carbocycles. The third-order valence-electron chi connectivity index (χ3n) is 4.10. The van der Waals surface area contributed by atoms with E-state index < -0.39 is 11.6 Å². The van der Waals surface area contributed by atoms with Crippen molar-refractivity contribution in [3.05, 3.63) is 35.4 Å². The van der Waals surface area contributed by atoms with Crippen molar-refractivity contribution in [3.8, 4) is 0 Å². The van der Waals surface area contributed by atoms with Crippen LogP contribution in [0, 0.1) is 17.6 Å². The summed E-state index contributed by atoms with van der Waals surface area (Å²) in [6.45, 7) is 0. The molecule has 106 valence electrons. The van der Waals surface area contributed by atoms with E-state index >= 15 is 0 Å². The third-order valence-corrected chi connectivity index (χ3v) is 4.10. The Morgan fingerprint density at radius 1 is 1.16 bits per heavy atom. The highest BCUT2D eigenvalue weighted by Gasteiger charge is 2.22. The zero-order valence-corrected chi connectivity index (χ0v) is 11.2. The van der Waals surface area contributed by atoms with Gasteiger partial charge in [0.05, 0.1) is 0 Å². The second kappa shape index (κ2) is 6.96. The normalized spacial score (nSPS) is 19.1. The molecule has 3 N–H and O–H groups in total. The molecule has 1 aliphatic carbocycles. The number of hydrogen-bond acceptors (Lipinski definition) is 2. The number of rotatable bonds is 4. The first kappa shape index (κ1) is 14.4. The van der Waals surface area contributed by atoms with Gasteiger partial charge in [-0.15, -0.1) is 0 Å². The van der Waals surface area contributed by atoms with E-state index in [1.807, 2.05) is 0 Å². The van der Waals surface area contributed by atoms with Crippen molar-refractivity contribution in [3.63, 3.8) is 0 Å². The maximum atomic E-state index is 13.8. The maximum absolute atomic E-state index is 13.8. The topological polar surface area (TPSA) is 38.0 Å². The summed E-state index contributed by atoms with van der Waals surface area (Å²) in [7, 11) is 0. The Hall–Kier alpha value is -1.00. The third kappa shape index (κ3) is 3.74. The van der Waals surface area contributed by atoms with Crippen LogP contribution in [0.5, 0.6) is 0 Å². The van der Waals surface area contributed by atoms with E-state index in [0.29, 0.717) is 11.5 Å². The number of hydrazine groups is 1. The van der Waals surface area contributed by atoms with E-state index in [1.54, 1.807) is 6.07 Å². The molecule has 19 heavy (non-hydrogen) atoms. The van der Waals surface area contributed by atoms with Crippen LogP contribution in [0.4, 0.5) is 8.78 Å². The molecule has 0 spiro atoms. The molecule has 1 aromatic rings. The van der Waals surface area contributed by atoms with Gasteiger partial charge in [-0.25, -0.2) is 8.78 Å². The molecule has 1 aliphatic rings. The van der Waals surface area contributed by atoms with Gasteiger partial charge in [0, 0.05) is 11.6 Å². The van der Waals surface area contributed by atoms with Gasteiger partial charge in [0.25, 0.3) is 0 Å². The van der Waals surface area contributed by atoms with Crippen LogP contribution < -0.4 is 11.3 Å². The Balaban J connectivity index is 2.08. The fourth-order valence-corrected chi connectivity index (χ4v) is 3.01. The maximum Gasteiger partial charge on any atom is 0.163 e. The molecule has 1 unspecified atom stereocenters. The van der Waals surface area contributed by atoms with E-state index in [-0.39, 0.29) is 6.04 Å². The second-order valence-electron chi connectivity index (χ2n) is 5.46. The van der Waals surface area contributed by atoms with Crippen LogP contribution >= 0.6 is 0 Å². The predicted molar refractivity (Wildman–Crippen MR) is 72.2 cm³/mol. The molecule has 1 saturated carbocycles. The van der Waals surface area contributed by atoms with Crippen molar-refractivity contribution in [1.82, 2.24) is 5.43 Å². The lowest BCUT2D eigenvalue weighted by atomic mass is 9.89. The highest BCUT2D eigenvalue weighted by molar-refractivity contribution is 5.22. The van der Waals surface area contributed by atoms with Crippen LogP contribution in [-0.4, -0.2) is 0 Å². The van der Waals surface area contributed by atoms with E-state index in [9.17, 15) is 8.78 Å². The van der Waals surface area contributed by atoms with Crippen LogP contribution in [0.25, 0.3) is 0 Å². The fraction of sp³-hybridized carbons (Fsp3) is 0.600.